The summed E-state index contributed by atoms with van der Waals surface area (Å²) in [7, 11) is -2.85. The number of rotatable bonds is 9. The van der Waals surface area contributed by atoms with Crippen LogP contribution in [0.1, 0.15) is 19.8 Å². The Balaban J connectivity index is 0. The van der Waals surface area contributed by atoms with E-state index < -0.39 is 7.52 Å². The molecule has 0 aliphatic rings. The molecule has 0 saturated heterocycles. The van der Waals surface area contributed by atoms with Gasteiger partial charge >= 0.3 is 29.6 Å². The van der Waals surface area contributed by atoms with Crippen molar-refractivity contribution in [3.8, 4) is 0 Å². The van der Waals surface area contributed by atoms with Crippen LogP contribution in [0.25, 0.3) is 0 Å². The monoisotopic (exact) mass is 248 g/mol. The van der Waals surface area contributed by atoms with E-state index in [0.717, 1.165) is 12.8 Å². The van der Waals surface area contributed by atoms with Gasteiger partial charge in [-0.3, -0.25) is 4.57 Å². The summed E-state index contributed by atoms with van der Waals surface area (Å²) in [6.07, 6.45) is 2.02. The van der Waals surface area contributed by atoms with Crippen LogP contribution in [0, 0.1) is 0 Å². The average Bonchev–Trinajstić information content (AvgIpc) is 2.16. The third-order valence-corrected chi connectivity index (χ3v) is 3.78. The number of nitrogens with one attached hydrogen (secondary N) is 1. The maximum absolute atomic E-state index is 11.9. The van der Waals surface area contributed by atoms with Crippen molar-refractivity contribution in [2.45, 2.75) is 19.8 Å². The Morgan fingerprint density at radius 1 is 1.53 bits per heavy atom. The predicted octanol–water partition coefficient (Wildman–Crippen LogP) is -0.112. The summed E-state index contributed by atoms with van der Waals surface area (Å²) in [5, 5.41) is 11.5. The van der Waals surface area contributed by atoms with E-state index >= 15 is 0 Å². The third-order valence-electron chi connectivity index (χ3n) is 1.69. The van der Waals surface area contributed by atoms with Gasteiger partial charge in [-0.1, -0.05) is 13.3 Å². The minimum absolute atomic E-state index is 0. The van der Waals surface area contributed by atoms with Crippen LogP contribution in [0.5, 0.6) is 0 Å². The van der Waals surface area contributed by atoms with Crippen LogP contribution in [0.4, 0.5) is 0 Å². The van der Waals surface area contributed by atoms with Gasteiger partial charge in [0, 0.05) is 13.1 Å². The van der Waals surface area contributed by atoms with Crippen molar-refractivity contribution in [3.63, 3.8) is 0 Å². The number of hydrogen-bond donors (Lipinski definition) is 3. The van der Waals surface area contributed by atoms with Crippen molar-refractivity contribution < 1.29 is 14.2 Å². The molecule has 0 heterocycles. The first-order valence-electron chi connectivity index (χ1n) is 4.98. The Kier molecular flexibility index (Phi) is 14.2. The fourth-order valence-corrected chi connectivity index (χ4v) is 2.45. The molecule has 0 aromatic heterocycles. The van der Waals surface area contributed by atoms with Gasteiger partial charge in [-0.15, -0.1) is 0 Å². The van der Waals surface area contributed by atoms with Gasteiger partial charge < -0.3 is 15.4 Å². The van der Waals surface area contributed by atoms with Gasteiger partial charge in [-0.05, 0) is 6.42 Å². The minimum atomic E-state index is -2.85. The zero-order chi connectivity index (χ0) is 10.9. The summed E-state index contributed by atoms with van der Waals surface area (Å²) in [4.78, 5) is 0. The zero-order valence-corrected chi connectivity index (χ0v) is 9.63. The molecule has 0 fully saturated rings. The number of aliphatic hydroxyl groups excluding tert-OH is 1. The summed E-state index contributed by atoms with van der Waals surface area (Å²) in [5.41, 5.74) is 5.29. The quantitative estimate of drug-likeness (QED) is 0.301. The van der Waals surface area contributed by atoms with Crippen LogP contribution >= 0.6 is 7.52 Å². The topological polar surface area (TPSA) is 84.6 Å². The molecular weight excluding hydrogens is 226 g/mol. The Hall–Kier alpha value is 1.07. The number of hydrogen-bond acceptors (Lipinski definition) is 4. The van der Waals surface area contributed by atoms with Crippen LogP contribution in [0.15, 0.2) is 0 Å². The van der Waals surface area contributed by atoms with Crippen molar-refractivity contribution in [3.05, 3.63) is 0 Å². The van der Waals surface area contributed by atoms with Crippen molar-refractivity contribution >= 4 is 37.1 Å². The first kappa shape index (κ1) is 18.4. The summed E-state index contributed by atoms with van der Waals surface area (Å²) in [6.45, 7) is 3.22. The average molecular weight is 248 g/mol. The molecule has 0 rings (SSSR count). The molecular formula is C8H22N2NaO3P. The van der Waals surface area contributed by atoms with Crippen LogP contribution < -0.4 is 10.8 Å². The van der Waals surface area contributed by atoms with Crippen LogP contribution in [-0.4, -0.2) is 67.1 Å². The van der Waals surface area contributed by atoms with E-state index in [4.69, 9.17) is 15.4 Å². The van der Waals surface area contributed by atoms with Crippen LogP contribution in [-0.2, 0) is 9.09 Å². The first-order chi connectivity index (χ1) is 6.68. The molecule has 0 amide bonds. The molecule has 0 bridgehead atoms. The fraction of sp³-hybridized carbons (Fsp3) is 1.00. The van der Waals surface area contributed by atoms with Gasteiger partial charge in [0.05, 0.1) is 19.4 Å². The molecule has 5 nitrogen and oxygen atoms in total. The second-order valence-corrected chi connectivity index (χ2v) is 5.37. The normalized spacial score (nSPS) is 14.3. The van der Waals surface area contributed by atoms with E-state index in [1.165, 1.54) is 0 Å². The maximum atomic E-state index is 11.9. The van der Waals surface area contributed by atoms with E-state index in [0.29, 0.717) is 19.7 Å². The molecule has 7 heteroatoms. The molecule has 0 aliphatic carbocycles. The molecule has 0 aliphatic heterocycles. The summed E-state index contributed by atoms with van der Waals surface area (Å²) in [5.74, 6) is 0. The zero-order valence-electron chi connectivity index (χ0n) is 8.74. The summed E-state index contributed by atoms with van der Waals surface area (Å²) >= 11 is 0. The molecule has 88 valence electrons. The predicted molar refractivity (Wildman–Crippen MR) is 64.6 cm³/mol. The Morgan fingerprint density at radius 3 is 2.67 bits per heavy atom. The summed E-state index contributed by atoms with van der Waals surface area (Å²) in [6, 6.07) is 0. The van der Waals surface area contributed by atoms with Gasteiger partial charge in [0.25, 0.3) is 7.52 Å². The number of aliphatic hydroxyl groups is 1. The molecule has 15 heavy (non-hydrogen) atoms. The van der Waals surface area contributed by atoms with Gasteiger partial charge in [0.1, 0.15) is 0 Å². The van der Waals surface area contributed by atoms with Crippen LogP contribution in [0.2, 0.25) is 0 Å². The number of nitrogens with two attached hydrogens (primary N) is 1. The van der Waals surface area contributed by atoms with E-state index in [2.05, 4.69) is 5.09 Å². The van der Waals surface area contributed by atoms with Crippen molar-refractivity contribution in [1.29, 1.82) is 0 Å². The van der Waals surface area contributed by atoms with Crippen molar-refractivity contribution in [2.24, 2.45) is 5.73 Å². The molecule has 4 N–H and O–H groups in total. The second-order valence-electron chi connectivity index (χ2n) is 3.00. The van der Waals surface area contributed by atoms with Gasteiger partial charge in [0.2, 0.25) is 0 Å². The molecule has 0 radical (unpaired) electrons. The molecule has 0 aromatic carbocycles. The van der Waals surface area contributed by atoms with Crippen molar-refractivity contribution in [1.82, 2.24) is 5.09 Å². The molecule has 0 saturated carbocycles. The molecule has 1 unspecified atom stereocenters. The molecule has 0 aromatic rings. The third kappa shape index (κ3) is 9.97. The molecule has 0 spiro atoms. The standard InChI is InChI=1S/C8H21N2O3P.Na.H/c1-2-3-7-13-14(12,8-6-11)10-5-4-9;;/h11H,2-9H2,1H3,(H,10,12);;. The Bertz CT molecular complexity index is 183. The van der Waals surface area contributed by atoms with E-state index in [1.807, 2.05) is 6.92 Å². The molecule has 1 atom stereocenters. The Labute approximate surface area is 114 Å². The van der Waals surface area contributed by atoms with Gasteiger partial charge in [-0.2, -0.15) is 0 Å². The van der Waals surface area contributed by atoms with Gasteiger partial charge in [0.15, 0.2) is 0 Å². The second kappa shape index (κ2) is 11.6. The SMILES string of the molecule is CCCCOP(=O)(CCO)NCCN.[NaH]. The van der Waals surface area contributed by atoms with Crippen molar-refractivity contribution in [2.75, 3.05) is 32.5 Å². The Morgan fingerprint density at radius 2 is 2.20 bits per heavy atom. The van der Waals surface area contributed by atoms with E-state index in [9.17, 15) is 4.57 Å². The fourth-order valence-electron chi connectivity index (χ4n) is 0.912. The van der Waals surface area contributed by atoms with Crippen LogP contribution in [0.3, 0.4) is 0 Å². The van der Waals surface area contributed by atoms with E-state index in [-0.39, 0.29) is 42.3 Å². The first-order valence-corrected chi connectivity index (χ1v) is 6.79. The van der Waals surface area contributed by atoms with E-state index in [1.54, 1.807) is 0 Å². The summed E-state index contributed by atoms with van der Waals surface area (Å²) < 4.78 is 17.1. The van der Waals surface area contributed by atoms with Gasteiger partial charge in [-0.25, -0.2) is 5.09 Å². The number of unbranched alkanes of at least 4 members (excludes halogenated alkanes) is 1.